The molecule has 1 aromatic carbocycles. The molecule has 38 heavy (non-hydrogen) atoms. The Hall–Kier alpha value is -4.94. The molecule has 0 radical (unpaired) electrons. The highest BCUT2D eigenvalue weighted by atomic mass is 19.1. The van der Waals surface area contributed by atoms with Crippen molar-refractivity contribution in [1.29, 1.82) is 0 Å². The average Bonchev–Trinajstić information content (AvgIpc) is 3.32. The number of ether oxygens (including phenoxy) is 2. The quantitative estimate of drug-likeness (QED) is 0.318. The molecule has 2 bridgehead atoms. The normalized spacial score (nSPS) is 15.2. The Labute approximate surface area is 216 Å². The van der Waals surface area contributed by atoms with Gasteiger partial charge in [0.25, 0.3) is 5.91 Å². The predicted octanol–water partition coefficient (Wildman–Crippen LogP) is 3.20. The first kappa shape index (κ1) is 24.7. The monoisotopic (exact) mass is 520 g/mol. The van der Waals surface area contributed by atoms with Gasteiger partial charge in [0.05, 0.1) is 31.1 Å². The number of hydrogen-bond acceptors (Lipinski definition) is 9. The third kappa shape index (κ3) is 4.85. The maximum Gasteiger partial charge on any atom is 0.411 e. The number of nitrogens with two attached hydrogens (primary N) is 1. The van der Waals surface area contributed by atoms with Crippen molar-refractivity contribution in [2.45, 2.75) is 26.5 Å². The molecule has 4 heterocycles. The highest BCUT2D eigenvalue weighted by Crippen LogP contribution is 2.35. The number of halogens is 1. The van der Waals surface area contributed by atoms with Gasteiger partial charge in [-0.2, -0.15) is 9.61 Å². The van der Waals surface area contributed by atoms with Gasteiger partial charge in [0.2, 0.25) is 5.88 Å². The Morgan fingerprint density at radius 3 is 2.84 bits per heavy atom. The second-order valence-electron chi connectivity index (χ2n) is 8.55. The summed E-state index contributed by atoms with van der Waals surface area (Å²) in [5.74, 6) is -0.141. The zero-order valence-corrected chi connectivity index (χ0v) is 20.6. The first-order valence-electron chi connectivity index (χ1n) is 11.9. The number of nitrogens with zero attached hydrogens (tertiary/aromatic N) is 4. The molecule has 1 aliphatic heterocycles. The van der Waals surface area contributed by atoms with Gasteiger partial charge in [0.15, 0.2) is 5.65 Å². The van der Waals surface area contributed by atoms with Gasteiger partial charge >= 0.3 is 6.09 Å². The molecule has 12 nitrogen and oxygen atoms in total. The Kier molecular flexibility index (Phi) is 6.64. The molecule has 0 unspecified atom stereocenters. The fourth-order valence-corrected chi connectivity index (χ4v) is 4.04. The predicted molar refractivity (Wildman–Crippen MR) is 137 cm³/mol. The molecule has 1 atom stereocenters. The number of nitrogen functional groups attached to an aromatic ring is 1. The third-order valence-electron chi connectivity index (χ3n) is 5.82. The van der Waals surface area contributed by atoms with E-state index in [1.165, 1.54) is 16.8 Å². The SMILES string of the molecule is CCOC(=O)Nc1ccc(-c2c3nc4c(cnn4c2N)C(=O)NC[C@H](C)Oc2ncc(F)cc2CN3)cc1. The summed E-state index contributed by atoms with van der Waals surface area (Å²) in [6.07, 6.45) is 1.45. The van der Waals surface area contributed by atoms with Crippen LogP contribution in [0, 0.1) is 5.82 Å². The topological polar surface area (TPSA) is 158 Å². The van der Waals surface area contributed by atoms with Crippen LogP contribution in [-0.2, 0) is 11.3 Å². The second-order valence-corrected chi connectivity index (χ2v) is 8.55. The first-order chi connectivity index (χ1) is 18.3. The van der Waals surface area contributed by atoms with Crippen molar-refractivity contribution < 1.29 is 23.5 Å². The van der Waals surface area contributed by atoms with Crippen LogP contribution in [0.2, 0.25) is 0 Å². The molecule has 2 amide bonds. The third-order valence-corrected chi connectivity index (χ3v) is 5.82. The Bertz CT molecular complexity index is 1520. The molecule has 3 aromatic heterocycles. The number of fused-ring (bicyclic) bond motifs is 2. The van der Waals surface area contributed by atoms with E-state index >= 15 is 0 Å². The smallest absolute Gasteiger partial charge is 0.411 e. The summed E-state index contributed by atoms with van der Waals surface area (Å²) >= 11 is 0. The van der Waals surface area contributed by atoms with Crippen LogP contribution in [0.15, 0.2) is 42.7 Å². The maximum atomic E-state index is 14.1. The van der Waals surface area contributed by atoms with Crippen molar-refractivity contribution in [3.63, 3.8) is 0 Å². The summed E-state index contributed by atoms with van der Waals surface area (Å²) in [4.78, 5) is 33.5. The van der Waals surface area contributed by atoms with E-state index in [-0.39, 0.29) is 42.6 Å². The van der Waals surface area contributed by atoms with Crippen molar-refractivity contribution in [1.82, 2.24) is 24.9 Å². The van der Waals surface area contributed by atoms with E-state index in [0.29, 0.717) is 28.2 Å². The lowest BCUT2D eigenvalue weighted by Crippen LogP contribution is -2.33. The molecule has 5 N–H and O–H groups in total. The van der Waals surface area contributed by atoms with Crippen LogP contribution in [0.1, 0.15) is 29.8 Å². The number of nitrogens with one attached hydrogen (secondary N) is 3. The van der Waals surface area contributed by atoms with Gasteiger partial charge in [-0.3, -0.25) is 10.1 Å². The minimum Gasteiger partial charge on any atom is -0.473 e. The van der Waals surface area contributed by atoms with Gasteiger partial charge in [0.1, 0.15) is 29.1 Å². The molecule has 1 aliphatic rings. The second kappa shape index (κ2) is 10.2. The van der Waals surface area contributed by atoms with Crippen molar-refractivity contribution in [3.05, 3.63) is 59.7 Å². The summed E-state index contributed by atoms with van der Waals surface area (Å²) in [6.45, 7) is 4.01. The summed E-state index contributed by atoms with van der Waals surface area (Å²) in [5.41, 5.74) is 9.16. The fraction of sp³-hybridized carbons (Fsp3) is 0.240. The zero-order chi connectivity index (χ0) is 26.8. The minimum absolute atomic E-state index is 0.107. The maximum absolute atomic E-state index is 14.1. The molecule has 4 aromatic rings. The molecule has 0 aliphatic carbocycles. The molecular weight excluding hydrogens is 495 g/mol. The van der Waals surface area contributed by atoms with Gasteiger partial charge in [-0.05, 0) is 37.6 Å². The van der Waals surface area contributed by atoms with Crippen LogP contribution in [0.25, 0.3) is 16.8 Å². The first-order valence-corrected chi connectivity index (χ1v) is 11.9. The van der Waals surface area contributed by atoms with E-state index in [2.05, 4.69) is 31.0 Å². The fourth-order valence-electron chi connectivity index (χ4n) is 4.04. The van der Waals surface area contributed by atoms with Gasteiger partial charge in [0, 0.05) is 17.8 Å². The number of aromatic nitrogens is 4. The van der Waals surface area contributed by atoms with Crippen LogP contribution >= 0.6 is 0 Å². The Morgan fingerprint density at radius 1 is 1.29 bits per heavy atom. The number of pyridine rings is 1. The summed E-state index contributed by atoms with van der Waals surface area (Å²) < 4.78 is 26.3. The largest absolute Gasteiger partial charge is 0.473 e. The van der Waals surface area contributed by atoms with Crippen molar-refractivity contribution >= 4 is 35.0 Å². The average molecular weight is 521 g/mol. The van der Waals surface area contributed by atoms with Crippen molar-refractivity contribution in [2.24, 2.45) is 0 Å². The number of carbonyl (C=O) groups excluding carboxylic acids is 2. The molecule has 5 rings (SSSR count). The van der Waals surface area contributed by atoms with Gasteiger partial charge in [-0.15, -0.1) is 0 Å². The van der Waals surface area contributed by atoms with Crippen LogP contribution in [0.4, 0.5) is 26.5 Å². The highest BCUT2D eigenvalue weighted by molar-refractivity contribution is 6.01. The van der Waals surface area contributed by atoms with Gasteiger partial charge in [-0.1, -0.05) is 12.1 Å². The van der Waals surface area contributed by atoms with E-state index in [4.69, 9.17) is 15.2 Å². The van der Waals surface area contributed by atoms with E-state index < -0.39 is 23.9 Å². The lowest BCUT2D eigenvalue weighted by atomic mass is 10.1. The molecule has 13 heteroatoms. The number of rotatable bonds is 3. The van der Waals surface area contributed by atoms with Crippen molar-refractivity contribution in [3.8, 4) is 17.0 Å². The van der Waals surface area contributed by atoms with Crippen LogP contribution in [0.3, 0.4) is 0 Å². The highest BCUT2D eigenvalue weighted by Gasteiger charge is 2.23. The van der Waals surface area contributed by atoms with Crippen LogP contribution < -0.4 is 26.4 Å². The van der Waals surface area contributed by atoms with Gasteiger partial charge in [-0.25, -0.2) is 19.2 Å². The van der Waals surface area contributed by atoms with E-state index in [1.807, 2.05) is 0 Å². The number of carbonyl (C=O) groups is 2. The Morgan fingerprint density at radius 2 is 2.08 bits per heavy atom. The number of amides is 2. The zero-order valence-electron chi connectivity index (χ0n) is 20.6. The molecule has 0 fully saturated rings. The minimum atomic E-state index is -0.569. The number of benzene rings is 1. The summed E-state index contributed by atoms with van der Waals surface area (Å²) in [7, 11) is 0. The van der Waals surface area contributed by atoms with Crippen LogP contribution in [-0.4, -0.2) is 50.8 Å². The molecule has 0 saturated heterocycles. The van der Waals surface area contributed by atoms with E-state index in [1.54, 1.807) is 38.1 Å². The molecule has 0 spiro atoms. The van der Waals surface area contributed by atoms with Crippen LogP contribution in [0.5, 0.6) is 5.88 Å². The lowest BCUT2D eigenvalue weighted by Gasteiger charge is -2.18. The molecular formula is C25H25FN8O4. The number of anilines is 3. The summed E-state index contributed by atoms with van der Waals surface area (Å²) in [5, 5.41) is 12.9. The van der Waals surface area contributed by atoms with E-state index in [9.17, 15) is 14.0 Å². The van der Waals surface area contributed by atoms with Crippen molar-refractivity contribution in [2.75, 3.05) is 29.5 Å². The Balaban J connectivity index is 1.61. The van der Waals surface area contributed by atoms with E-state index in [0.717, 1.165) is 6.20 Å². The van der Waals surface area contributed by atoms with Gasteiger partial charge < -0.3 is 25.8 Å². The molecule has 196 valence electrons. The lowest BCUT2D eigenvalue weighted by molar-refractivity contribution is 0.0932. The standard InChI is InChI=1S/C25H25FN8O4/c1-3-37-25(36)32-17-6-4-14(5-7-17)19-20(27)34-22-18(12-31-34)23(35)29-9-13(2)38-24-15(8-16(26)11-30-24)10-28-21(19)33-22/h4-8,11-13H,3,9-10,27H2,1-2H3,(H,28,33)(H,29,35)(H,32,36)/t13-/m0/s1. The summed E-state index contributed by atoms with van der Waals surface area (Å²) in [6, 6.07) is 8.19. The number of hydrogen-bond donors (Lipinski definition) is 4. The molecule has 0 saturated carbocycles.